The normalized spacial score (nSPS) is 11.0. The van der Waals surface area contributed by atoms with Gasteiger partial charge in [0.1, 0.15) is 17.2 Å². The minimum absolute atomic E-state index is 0.275. The van der Waals surface area contributed by atoms with Crippen molar-refractivity contribution in [3.8, 4) is 11.3 Å². The molecule has 0 aliphatic carbocycles. The summed E-state index contributed by atoms with van der Waals surface area (Å²) >= 11 is 1.20. The van der Waals surface area contributed by atoms with Gasteiger partial charge < -0.3 is 4.98 Å². The van der Waals surface area contributed by atoms with E-state index in [4.69, 9.17) is 0 Å². The summed E-state index contributed by atoms with van der Waals surface area (Å²) in [6, 6.07) is 11.1. The molecular weight excluding hydrogens is 356 g/mol. The largest absolute Gasteiger partial charge is 0.358 e. The van der Waals surface area contributed by atoms with Crippen LogP contribution in [0.4, 0.5) is 13.9 Å². The average molecular weight is 369 g/mol. The highest BCUT2D eigenvalue weighted by atomic mass is 32.1. The monoisotopic (exact) mass is 369 g/mol. The number of carbonyl (C=O) groups is 1. The van der Waals surface area contributed by atoms with Gasteiger partial charge in [0.15, 0.2) is 5.13 Å². The van der Waals surface area contributed by atoms with Crippen LogP contribution in [0.5, 0.6) is 0 Å². The molecule has 0 bridgehead atoms. The number of nitrogens with zero attached hydrogens (tertiary/aromatic N) is 1. The molecule has 0 atom stereocenters. The molecule has 7 heteroatoms. The SMILES string of the molecule is Cc1[nH]c2ccccc2c1-c1csc(NC(=O)c2c(F)cccc2F)n1. The maximum atomic E-state index is 13.7. The highest BCUT2D eigenvalue weighted by Crippen LogP contribution is 2.34. The van der Waals surface area contributed by atoms with Crippen LogP contribution in [0.15, 0.2) is 47.8 Å². The van der Waals surface area contributed by atoms with Crippen LogP contribution in [0.1, 0.15) is 16.1 Å². The van der Waals surface area contributed by atoms with Gasteiger partial charge in [-0.2, -0.15) is 0 Å². The lowest BCUT2D eigenvalue weighted by Crippen LogP contribution is -2.15. The van der Waals surface area contributed by atoms with Gasteiger partial charge >= 0.3 is 0 Å². The quantitative estimate of drug-likeness (QED) is 0.526. The molecule has 4 rings (SSSR count). The van der Waals surface area contributed by atoms with Gasteiger partial charge in [0.25, 0.3) is 5.91 Å². The first kappa shape index (κ1) is 16.4. The molecule has 1 amide bonds. The number of hydrogen-bond donors (Lipinski definition) is 2. The zero-order chi connectivity index (χ0) is 18.3. The van der Waals surface area contributed by atoms with Crippen molar-refractivity contribution >= 4 is 33.3 Å². The van der Waals surface area contributed by atoms with E-state index in [2.05, 4.69) is 15.3 Å². The number of H-pyrrole nitrogens is 1. The molecular formula is C19H13F2N3OS. The Bertz CT molecular complexity index is 1110. The Balaban J connectivity index is 1.66. The average Bonchev–Trinajstić information content (AvgIpc) is 3.17. The van der Waals surface area contributed by atoms with E-state index in [1.54, 1.807) is 5.38 Å². The van der Waals surface area contributed by atoms with Crippen molar-refractivity contribution in [2.75, 3.05) is 5.32 Å². The first-order valence-electron chi connectivity index (χ1n) is 7.83. The van der Waals surface area contributed by atoms with E-state index in [-0.39, 0.29) is 5.13 Å². The van der Waals surface area contributed by atoms with Crippen LogP contribution in [-0.2, 0) is 0 Å². The van der Waals surface area contributed by atoms with Gasteiger partial charge in [0.05, 0.1) is 5.69 Å². The third-order valence-corrected chi connectivity index (χ3v) is 4.82. The minimum Gasteiger partial charge on any atom is -0.358 e. The van der Waals surface area contributed by atoms with Gasteiger partial charge in [-0.3, -0.25) is 10.1 Å². The summed E-state index contributed by atoms with van der Waals surface area (Å²) in [4.78, 5) is 19.9. The Kier molecular flexibility index (Phi) is 4.00. The Morgan fingerprint density at radius 1 is 1.12 bits per heavy atom. The summed E-state index contributed by atoms with van der Waals surface area (Å²) in [6.07, 6.45) is 0. The fraction of sp³-hybridized carbons (Fsp3) is 0.0526. The zero-order valence-corrected chi connectivity index (χ0v) is 14.5. The lowest BCUT2D eigenvalue weighted by Gasteiger charge is -2.04. The Labute approximate surface area is 151 Å². The molecule has 0 saturated carbocycles. The van der Waals surface area contributed by atoms with Crippen LogP contribution in [0.3, 0.4) is 0 Å². The predicted octanol–water partition coefficient (Wildman–Crippen LogP) is 5.13. The molecule has 4 nitrogen and oxygen atoms in total. The van der Waals surface area contributed by atoms with Gasteiger partial charge in [-0.1, -0.05) is 24.3 Å². The third-order valence-electron chi connectivity index (χ3n) is 4.06. The number of aryl methyl sites for hydroxylation is 1. The van der Waals surface area contributed by atoms with E-state index in [0.717, 1.165) is 34.3 Å². The van der Waals surface area contributed by atoms with Crippen LogP contribution in [0.25, 0.3) is 22.2 Å². The molecule has 0 aliphatic heterocycles. The first-order valence-corrected chi connectivity index (χ1v) is 8.71. The maximum absolute atomic E-state index is 13.7. The van der Waals surface area contributed by atoms with Crippen LogP contribution in [0, 0.1) is 18.6 Å². The molecule has 0 saturated heterocycles. The predicted molar refractivity (Wildman–Crippen MR) is 98.5 cm³/mol. The Hall–Kier alpha value is -3.06. The second-order valence-electron chi connectivity index (χ2n) is 5.76. The summed E-state index contributed by atoms with van der Waals surface area (Å²) in [6.45, 7) is 1.95. The van der Waals surface area contributed by atoms with Crippen molar-refractivity contribution in [2.45, 2.75) is 6.92 Å². The van der Waals surface area contributed by atoms with Crippen molar-refractivity contribution in [2.24, 2.45) is 0 Å². The first-order chi connectivity index (χ1) is 12.5. The molecule has 130 valence electrons. The molecule has 2 aromatic heterocycles. The van der Waals surface area contributed by atoms with E-state index >= 15 is 0 Å². The highest BCUT2D eigenvalue weighted by molar-refractivity contribution is 7.14. The van der Waals surface area contributed by atoms with Crippen LogP contribution in [0.2, 0.25) is 0 Å². The van der Waals surface area contributed by atoms with Crippen molar-refractivity contribution < 1.29 is 13.6 Å². The summed E-state index contributed by atoms with van der Waals surface area (Å²) < 4.78 is 27.5. The number of amides is 1. The molecule has 0 aliphatic rings. The summed E-state index contributed by atoms with van der Waals surface area (Å²) in [5, 5.41) is 5.57. The Morgan fingerprint density at radius 2 is 1.85 bits per heavy atom. The van der Waals surface area contributed by atoms with Crippen molar-refractivity contribution in [3.63, 3.8) is 0 Å². The number of nitrogens with one attached hydrogen (secondary N) is 2. The maximum Gasteiger partial charge on any atom is 0.263 e. The molecule has 0 spiro atoms. The van der Waals surface area contributed by atoms with E-state index in [0.29, 0.717) is 5.69 Å². The van der Waals surface area contributed by atoms with E-state index < -0.39 is 23.1 Å². The van der Waals surface area contributed by atoms with Gasteiger partial charge in [-0.25, -0.2) is 13.8 Å². The number of anilines is 1. The van der Waals surface area contributed by atoms with E-state index in [9.17, 15) is 13.6 Å². The smallest absolute Gasteiger partial charge is 0.263 e. The topological polar surface area (TPSA) is 57.8 Å². The summed E-state index contributed by atoms with van der Waals surface area (Å²) in [7, 11) is 0. The molecule has 2 aromatic carbocycles. The molecule has 0 fully saturated rings. The summed E-state index contributed by atoms with van der Waals surface area (Å²) in [5.41, 5.74) is 2.96. The lowest BCUT2D eigenvalue weighted by atomic mass is 10.1. The highest BCUT2D eigenvalue weighted by Gasteiger charge is 2.19. The second-order valence-corrected chi connectivity index (χ2v) is 6.62. The van der Waals surface area contributed by atoms with Gasteiger partial charge in [0.2, 0.25) is 0 Å². The molecule has 26 heavy (non-hydrogen) atoms. The molecule has 0 radical (unpaired) electrons. The number of hydrogen-bond acceptors (Lipinski definition) is 3. The number of carbonyl (C=O) groups excluding carboxylic acids is 1. The van der Waals surface area contributed by atoms with Crippen molar-refractivity contribution in [1.82, 2.24) is 9.97 Å². The second kappa shape index (κ2) is 6.34. The fourth-order valence-electron chi connectivity index (χ4n) is 2.93. The Morgan fingerprint density at radius 3 is 2.62 bits per heavy atom. The summed E-state index contributed by atoms with van der Waals surface area (Å²) in [5.74, 6) is -2.68. The number of rotatable bonds is 3. The van der Waals surface area contributed by atoms with Gasteiger partial charge in [-0.05, 0) is 25.1 Å². The number of fused-ring (bicyclic) bond motifs is 1. The number of benzene rings is 2. The number of thiazole rings is 1. The number of halogens is 2. The standard InChI is InChI=1S/C19H13F2N3OS/c1-10-16(11-5-2-3-8-14(11)22-10)15-9-26-19(23-15)24-18(25)17-12(20)6-4-7-13(17)21/h2-9,22H,1H3,(H,23,24,25). The molecule has 2 N–H and O–H groups in total. The molecule has 4 aromatic rings. The molecule has 0 unspecified atom stereocenters. The number of aromatic amines is 1. The number of aromatic nitrogens is 2. The van der Waals surface area contributed by atoms with Crippen LogP contribution < -0.4 is 5.32 Å². The van der Waals surface area contributed by atoms with Gasteiger partial charge in [0, 0.05) is 27.5 Å². The molecule has 2 heterocycles. The van der Waals surface area contributed by atoms with Crippen LogP contribution >= 0.6 is 11.3 Å². The zero-order valence-electron chi connectivity index (χ0n) is 13.6. The van der Waals surface area contributed by atoms with Crippen molar-refractivity contribution in [3.05, 3.63) is 70.7 Å². The van der Waals surface area contributed by atoms with Crippen molar-refractivity contribution in [1.29, 1.82) is 0 Å². The van der Waals surface area contributed by atoms with Crippen LogP contribution in [-0.4, -0.2) is 15.9 Å². The third kappa shape index (κ3) is 2.76. The lowest BCUT2D eigenvalue weighted by molar-refractivity contribution is 0.101. The van der Waals surface area contributed by atoms with Gasteiger partial charge in [-0.15, -0.1) is 11.3 Å². The van der Waals surface area contributed by atoms with E-state index in [1.807, 2.05) is 31.2 Å². The minimum atomic E-state index is -0.910. The van der Waals surface area contributed by atoms with E-state index in [1.165, 1.54) is 17.4 Å². The fourth-order valence-corrected chi connectivity index (χ4v) is 3.62. The number of para-hydroxylation sites is 1.